The number of ether oxygens (including phenoxy) is 3. The molecule has 0 aliphatic carbocycles. The normalized spacial score (nSPS) is 10.6. The van der Waals surface area contributed by atoms with Crippen LogP contribution in [0.1, 0.15) is 18.3 Å². The van der Waals surface area contributed by atoms with Gasteiger partial charge >= 0.3 is 0 Å². The topological polar surface area (TPSA) is 87.5 Å². The summed E-state index contributed by atoms with van der Waals surface area (Å²) in [6.45, 7) is 2.77. The number of carbonyl (C=O) groups excluding carboxylic acids is 1. The molecule has 0 aliphatic heterocycles. The van der Waals surface area contributed by atoms with Crippen LogP contribution in [0.5, 0.6) is 17.2 Å². The summed E-state index contributed by atoms with van der Waals surface area (Å²) in [6.07, 6.45) is 0.694. The number of aromatic nitrogens is 3. The summed E-state index contributed by atoms with van der Waals surface area (Å²) in [5, 5.41) is 12.2. The third-order valence-electron chi connectivity index (χ3n) is 4.60. The van der Waals surface area contributed by atoms with Gasteiger partial charge in [0, 0.05) is 30.8 Å². The van der Waals surface area contributed by atoms with E-state index in [0.29, 0.717) is 34.5 Å². The Kier molecular flexibility index (Phi) is 7.77. The van der Waals surface area contributed by atoms with E-state index in [1.807, 2.05) is 29.7 Å². The van der Waals surface area contributed by atoms with Gasteiger partial charge in [0.05, 0.1) is 27.1 Å². The average Bonchev–Trinajstić information content (AvgIpc) is 3.18. The summed E-state index contributed by atoms with van der Waals surface area (Å²) in [4.78, 5) is 12.5. The van der Waals surface area contributed by atoms with E-state index in [0.717, 1.165) is 12.4 Å². The highest BCUT2D eigenvalue weighted by atomic mass is 32.2. The molecule has 8 nitrogen and oxygen atoms in total. The van der Waals surface area contributed by atoms with Crippen molar-refractivity contribution in [1.29, 1.82) is 0 Å². The Morgan fingerprint density at radius 1 is 1.03 bits per heavy atom. The molecule has 0 bridgehead atoms. The fourth-order valence-electron chi connectivity index (χ4n) is 3.13. The summed E-state index contributed by atoms with van der Waals surface area (Å²) in [5.41, 5.74) is 1.73. The van der Waals surface area contributed by atoms with Crippen LogP contribution in [0.15, 0.2) is 47.6 Å². The zero-order chi connectivity index (χ0) is 22.2. The minimum absolute atomic E-state index is 0.172. The minimum Gasteiger partial charge on any atom is -0.493 e. The Morgan fingerprint density at radius 3 is 2.29 bits per heavy atom. The van der Waals surface area contributed by atoms with Gasteiger partial charge in [0.25, 0.3) is 0 Å². The Hall–Kier alpha value is -3.20. The van der Waals surface area contributed by atoms with Crippen molar-refractivity contribution in [2.75, 3.05) is 32.4 Å². The van der Waals surface area contributed by atoms with Crippen LogP contribution in [-0.4, -0.2) is 47.8 Å². The highest BCUT2D eigenvalue weighted by Crippen LogP contribution is 2.40. The number of benzene rings is 2. The predicted octanol–water partition coefficient (Wildman–Crippen LogP) is 3.65. The van der Waals surface area contributed by atoms with Crippen LogP contribution in [0.3, 0.4) is 0 Å². The zero-order valence-electron chi connectivity index (χ0n) is 18.0. The maximum absolute atomic E-state index is 12.5. The Morgan fingerprint density at radius 2 is 1.71 bits per heavy atom. The van der Waals surface area contributed by atoms with E-state index >= 15 is 0 Å². The molecule has 0 aliphatic rings. The molecule has 31 heavy (non-hydrogen) atoms. The molecule has 0 fully saturated rings. The molecule has 3 rings (SSSR count). The summed E-state index contributed by atoms with van der Waals surface area (Å²) in [5.74, 6) is 2.32. The first-order valence-electron chi connectivity index (χ1n) is 9.78. The number of anilines is 1. The Bertz CT molecular complexity index is 999. The van der Waals surface area contributed by atoms with Crippen molar-refractivity contribution in [3.63, 3.8) is 0 Å². The summed E-state index contributed by atoms with van der Waals surface area (Å²) in [7, 11) is 4.60. The van der Waals surface area contributed by atoms with Gasteiger partial charge in [-0.15, -0.1) is 10.2 Å². The van der Waals surface area contributed by atoms with Crippen molar-refractivity contribution in [2.24, 2.45) is 0 Å². The van der Waals surface area contributed by atoms with Gasteiger partial charge in [-0.25, -0.2) is 0 Å². The van der Waals surface area contributed by atoms with E-state index < -0.39 is 0 Å². The van der Waals surface area contributed by atoms with Gasteiger partial charge in [0.2, 0.25) is 11.7 Å². The molecule has 0 spiro atoms. The molecule has 1 heterocycles. The average molecular weight is 443 g/mol. The summed E-state index contributed by atoms with van der Waals surface area (Å²) >= 11 is 1.35. The Labute approximate surface area is 185 Å². The number of rotatable bonds is 10. The third kappa shape index (κ3) is 5.49. The van der Waals surface area contributed by atoms with Crippen LogP contribution < -0.4 is 19.5 Å². The van der Waals surface area contributed by atoms with Gasteiger partial charge in [-0.2, -0.15) is 0 Å². The van der Waals surface area contributed by atoms with Crippen molar-refractivity contribution in [3.8, 4) is 17.2 Å². The molecular weight excluding hydrogens is 416 g/mol. The van der Waals surface area contributed by atoms with E-state index in [1.165, 1.54) is 38.7 Å². The van der Waals surface area contributed by atoms with Crippen molar-refractivity contribution in [1.82, 2.24) is 14.8 Å². The first-order chi connectivity index (χ1) is 15.1. The van der Waals surface area contributed by atoms with Crippen LogP contribution >= 0.6 is 11.8 Å². The van der Waals surface area contributed by atoms with Gasteiger partial charge in [0.15, 0.2) is 16.7 Å². The van der Waals surface area contributed by atoms with Crippen molar-refractivity contribution < 1.29 is 19.0 Å². The second kappa shape index (κ2) is 10.7. The second-order valence-corrected chi connectivity index (χ2v) is 7.50. The molecule has 1 amide bonds. The standard InChI is InChI=1S/C22H26N4O4S/c1-5-26-19(11-15-9-7-6-8-10-15)24-25-22(26)31-14-20(27)23-16-12-17(28-2)21(30-4)18(13-16)29-3/h6-10,12-13H,5,11,14H2,1-4H3,(H,23,27). The maximum Gasteiger partial charge on any atom is 0.234 e. The zero-order valence-corrected chi connectivity index (χ0v) is 18.9. The molecule has 0 saturated heterocycles. The molecule has 0 atom stereocenters. The van der Waals surface area contributed by atoms with Crippen LogP contribution in [0.2, 0.25) is 0 Å². The molecule has 0 saturated carbocycles. The summed E-state index contributed by atoms with van der Waals surface area (Å²) < 4.78 is 18.0. The molecule has 0 unspecified atom stereocenters. The van der Waals surface area contributed by atoms with Crippen LogP contribution in [0.25, 0.3) is 0 Å². The fraction of sp³-hybridized carbons (Fsp3) is 0.318. The molecule has 2 aromatic carbocycles. The van der Waals surface area contributed by atoms with Gasteiger partial charge in [-0.3, -0.25) is 4.79 Å². The molecule has 3 aromatic rings. The number of hydrogen-bond acceptors (Lipinski definition) is 7. The van der Waals surface area contributed by atoms with Crippen molar-refractivity contribution in [2.45, 2.75) is 25.0 Å². The number of carbonyl (C=O) groups is 1. The number of hydrogen-bond donors (Lipinski definition) is 1. The predicted molar refractivity (Wildman–Crippen MR) is 120 cm³/mol. The lowest BCUT2D eigenvalue weighted by atomic mass is 10.1. The molecule has 9 heteroatoms. The molecule has 164 valence electrons. The highest BCUT2D eigenvalue weighted by Gasteiger charge is 2.16. The number of amides is 1. The monoisotopic (exact) mass is 442 g/mol. The van der Waals surface area contributed by atoms with E-state index in [-0.39, 0.29) is 11.7 Å². The van der Waals surface area contributed by atoms with Crippen LogP contribution in [-0.2, 0) is 17.8 Å². The van der Waals surface area contributed by atoms with Gasteiger partial charge in [0.1, 0.15) is 5.82 Å². The lowest BCUT2D eigenvalue weighted by Gasteiger charge is -2.14. The van der Waals surface area contributed by atoms with E-state index in [2.05, 4.69) is 27.6 Å². The van der Waals surface area contributed by atoms with E-state index in [1.54, 1.807) is 12.1 Å². The largest absolute Gasteiger partial charge is 0.493 e. The molecule has 1 aromatic heterocycles. The second-order valence-electron chi connectivity index (χ2n) is 6.56. The number of methoxy groups -OCH3 is 3. The number of nitrogens with zero attached hydrogens (tertiary/aromatic N) is 3. The maximum atomic E-state index is 12.5. The van der Waals surface area contributed by atoms with E-state index in [9.17, 15) is 4.79 Å². The quantitative estimate of drug-likeness (QED) is 0.480. The fourth-order valence-corrected chi connectivity index (χ4v) is 3.95. The lowest BCUT2D eigenvalue weighted by Crippen LogP contribution is -2.15. The van der Waals surface area contributed by atoms with Crippen molar-refractivity contribution in [3.05, 3.63) is 53.9 Å². The molecular formula is C22H26N4O4S. The van der Waals surface area contributed by atoms with Gasteiger partial charge < -0.3 is 24.1 Å². The van der Waals surface area contributed by atoms with Gasteiger partial charge in [-0.1, -0.05) is 42.1 Å². The number of nitrogens with one attached hydrogen (secondary N) is 1. The van der Waals surface area contributed by atoms with Crippen LogP contribution in [0.4, 0.5) is 5.69 Å². The number of thioether (sulfide) groups is 1. The van der Waals surface area contributed by atoms with Gasteiger partial charge in [-0.05, 0) is 12.5 Å². The SMILES string of the molecule is CCn1c(Cc2ccccc2)nnc1SCC(=O)Nc1cc(OC)c(OC)c(OC)c1. The Balaban J connectivity index is 1.66. The van der Waals surface area contributed by atoms with Crippen LogP contribution in [0, 0.1) is 0 Å². The first kappa shape index (κ1) is 22.5. The lowest BCUT2D eigenvalue weighted by molar-refractivity contribution is -0.113. The first-order valence-corrected chi connectivity index (χ1v) is 10.8. The molecule has 1 N–H and O–H groups in total. The highest BCUT2D eigenvalue weighted by molar-refractivity contribution is 7.99. The molecule has 0 radical (unpaired) electrons. The van der Waals surface area contributed by atoms with E-state index in [4.69, 9.17) is 14.2 Å². The smallest absolute Gasteiger partial charge is 0.234 e. The minimum atomic E-state index is -0.172. The van der Waals surface area contributed by atoms with Crippen molar-refractivity contribution >= 4 is 23.4 Å². The summed E-state index contributed by atoms with van der Waals surface area (Å²) in [6, 6.07) is 13.5. The third-order valence-corrected chi connectivity index (χ3v) is 5.56.